The van der Waals surface area contributed by atoms with Crippen molar-refractivity contribution in [1.82, 2.24) is 15.6 Å². The molecule has 1 aromatic heterocycles. The van der Waals surface area contributed by atoms with Crippen LogP contribution in [0.3, 0.4) is 0 Å². The number of nitrogens with two attached hydrogens (primary N) is 1. The van der Waals surface area contributed by atoms with Crippen LogP contribution in [0.5, 0.6) is 0 Å². The van der Waals surface area contributed by atoms with E-state index in [2.05, 4.69) is 36.4 Å². The van der Waals surface area contributed by atoms with Gasteiger partial charge in [0, 0.05) is 29.7 Å². The van der Waals surface area contributed by atoms with Crippen LogP contribution >= 0.6 is 0 Å². The van der Waals surface area contributed by atoms with Crippen LogP contribution in [-0.2, 0) is 6.54 Å². The highest BCUT2D eigenvalue weighted by molar-refractivity contribution is 6.07. The lowest BCUT2D eigenvalue weighted by Crippen LogP contribution is -2.30. The van der Waals surface area contributed by atoms with Gasteiger partial charge in [-0.2, -0.15) is 0 Å². The number of hydrogen-bond donors (Lipinski definition) is 4. The van der Waals surface area contributed by atoms with Crippen LogP contribution in [0.25, 0.3) is 22.0 Å². The maximum atomic E-state index is 14.9. The van der Waals surface area contributed by atoms with Crippen LogP contribution < -0.4 is 16.4 Å². The molecule has 6 heteroatoms. The van der Waals surface area contributed by atoms with Gasteiger partial charge in [-0.05, 0) is 85.6 Å². The van der Waals surface area contributed by atoms with E-state index in [1.54, 1.807) is 6.07 Å². The van der Waals surface area contributed by atoms with Gasteiger partial charge in [0.1, 0.15) is 5.82 Å². The summed E-state index contributed by atoms with van der Waals surface area (Å²) in [6.45, 7) is 9.09. The molecule has 32 heavy (non-hydrogen) atoms. The van der Waals surface area contributed by atoms with E-state index < -0.39 is 5.91 Å². The molecule has 5 nitrogen and oxygen atoms in total. The van der Waals surface area contributed by atoms with Gasteiger partial charge in [0.05, 0.1) is 11.1 Å². The number of H-pyrrole nitrogens is 1. The summed E-state index contributed by atoms with van der Waals surface area (Å²) in [5.74, 6) is 0.0928. The van der Waals surface area contributed by atoms with Gasteiger partial charge in [0.2, 0.25) is 0 Å². The Bertz CT molecular complexity index is 1110. The third-order valence-corrected chi connectivity index (χ3v) is 6.84. The molecule has 0 saturated carbocycles. The molecule has 170 valence electrons. The molecule has 0 aliphatic carbocycles. The summed E-state index contributed by atoms with van der Waals surface area (Å²) in [7, 11) is 0. The van der Waals surface area contributed by atoms with Crippen molar-refractivity contribution in [3.8, 4) is 11.1 Å². The summed E-state index contributed by atoms with van der Waals surface area (Å²) < 4.78 is 14.9. The molecule has 0 unspecified atom stereocenters. The zero-order valence-corrected chi connectivity index (χ0v) is 19.1. The number of piperidine rings is 1. The van der Waals surface area contributed by atoms with Crippen LogP contribution in [-0.4, -0.2) is 30.0 Å². The molecule has 3 aromatic rings. The number of carbonyl (C=O) groups excluding carboxylic acids is 1. The molecule has 0 radical (unpaired) electrons. The number of aromatic nitrogens is 1. The highest BCUT2D eigenvalue weighted by Gasteiger charge is 2.22. The van der Waals surface area contributed by atoms with Gasteiger partial charge in [-0.15, -0.1) is 0 Å². The quantitative estimate of drug-likeness (QED) is 0.434. The van der Waals surface area contributed by atoms with Gasteiger partial charge in [0.15, 0.2) is 0 Å². The summed E-state index contributed by atoms with van der Waals surface area (Å²) >= 11 is 0. The van der Waals surface area contributed by atoms with Crippen molar-refractivity contribution >= 4 is 16.8 Å². The zero-order valence-electron chi connectivity index (χ0n) is 19.1. The van der Waals surface area contributed by atoms with Gasteiger partial charge in [-0.1, -0.05) is 19.9 Å². The predicted octanol–water partition coefficient (Wildman–Crippen LogP) is 4.67. The molecule has 1 atom stereocenters. The number of primary amides is 1. The molecule has 1 amide bonds. The fourth-order valence-electron chi connectivity index (χ4n) is 4.49. The SMILES string of the molecule is CC(C)[C@H](C)NCc1ccc(F)c(-c2cc(C(N)=O)c3[nH]cc(C4CCNCC4)c3c2)c1. The van der Waals surface area contributed by atoms with Gasteiger partial charge in [-0.25, -0.2) is 4.39 Å². The number of rotatable bonds is 7. The van der Waals surface area contributed by atoms with Crippen LogP contribution in [0.15, 0.2) is 36.5 Å². The number of benzene rings is 2. The van der Waals surface area contributed by atoms with Crippen molar-refractivity contribution in [1.29, 1.82) is 0 Å². The second-order valence-corrected chi connectivity index (χ2v) is 9.31. The monoisotopic (exact) mass is 436 g/mol. The molecule has 5 N–H and O–H groups in total. The van der Waals surface area contributed by atoms with Crippen molar-refractivity contribution in [2.45, 2.75) is 52.1 Å². The average molecular weight is 437 g/mol. The number of aromatic amines is 1. The molecule has 1 saturated heterocycles. The van der Waals surface area contributed by atoms with Crippen molar-refractivity contribution < 1.29 is 9.18 Å². The van der Waals surface area contributed by atoms with Crippen LogP contribution in [0.1, 0.15) is 61.0 Å². The lowest BCUT2D eigenvalue weighted by Gasteiger charge is -2.22. The van der Waals surface area contributed by atoms with Crippen LogP contribution in [0, 0.1) is 11.7 Å². The van der Waals surface area contributed by atoms with Gasteiger partial charge in [-0.3, -0.25) is 4.79 Å². The van der Waals surface area contributed by atoms with E-state index in [9.17, 15) is 9.18 Å². The molecule has 0 bridgehead atoms. The Balaban J connectivity index is 1.76. The Morgan fingerprint density at radius 2 is 1.94 bits per heavy atom. The van der Waals surface area contributed by atoms with Crippen LogP contribution in [0.4, 0.5) is 4.39 Å². The standard InChI is InChI=1S/C26H33FN4O/c1-15(2)16(3)30-13-17-4-5-24(27)20(10-17)19-11-21-23(18-6-8-29-9-7-18)14-31-25(21)22(12-19)26(28)32/h4-5,10-12,14-16,18,29-31H,6-9,13H2,1-3H3,(H2,28,32)/t16-/m0/s1. The van der Waals surface area contributed by atoms with E-state index in [0.717, 1.165) is 42.4 Å². The topological polar surface area (TPSA) is 82.9 Å². The number of halogens is 1. The van der Waals surface area contributed by atoms with Gasteiger partial charge in [0.25, 0.3) is 5.91 Å². The minimum Gasteiger partial charge on any atom is -0.366 e. The van der Waals surface area contributed by atoms with Crippen molar-refractivity contribution in [2.24, 2.45) is 11.7 Å². The largest absolute Gasteiger partial charge is 0.366 e. The van der Waals surface area contributed by atoms with E-state index in [4.69, 9.17) is 5.73 Å². The second-order valence-electron chi connectivity index (χ2n) is 9.31. The highest BCUT2D eigenvalue weighted by Crippen LogP contribution is 2.36. The van der Waals surface area contributed by atoms with E-state index in [1.165, 1.54) is 11.6 Å². The van der Waals surface area contributed by atoms with E-state index in [-0.39, 0.29) is 5.82 Å². The third kappa shape index (κ3) is 4.57. The Hall–Kier alpha value is -2.70. The molecule has 4 rings (SSSR count). The first kappa shape index (κ1) is 22.5. The minimum atomic E-state index is -0.514. The molecule has 1 fully saturated rings. The number of nitrogens with one attached hydrogen (secondary N) is 3. The number of fused-ring (bicyclic) bond motifs is 1. The predicted molar refractivity (Wildman–Crippen MR) is 128 cm³/mol. The number of hydrogen-bond acceptors (Lipinski definition) is 3. The minimum absolute atomic E-state index is 0.306. The molecule has 1 aliphatic rings. The molecule has 1 aliphatic heterocycles. The summed E-state index contributed by atoms with van der Waals surface area (Å²) in [5, 5.41) is 7.85. The second kappa shape index (κ2) is 9.43. The van der Waals surface area contributed by atoms with Crippen molar-refractivity contribution in [3.05, 3.63) is 59.0 Å². The third-order valence-electron chi connectivity index (χ3n) is 6.84. The Morgan fingerprint density at radius 1 is 1.19 bits per heavy atom. The Kier molecular flexibility index (Phi) is 6.63. The summed E-state index contributed by atoms with van der Waals surface area (Å²) in [6.07, 6.45) is 4.06. The molecular weight excluding hydrogens is 403 g/mol. The molecule has 2 heterocycles. The number of carbonyl (C=O) groups is 1. The normalized spacial score (nSPS) is 16.0. The van der Waals surface area contributed by atoms with Crippen LogP contribution in [0.2, 0.25) is 0 Å². The molecule has 2 aromatic carbocycles. The van der Waals surface area contributed by atoms with E-state index in [0.29, 0.717) is 41.1 Å². The van der Waals surface area contributed by atoms with Gasteiger partial charge >= 0.3 is 0 Å². The zero-order chi connectivity index (χ0) is 22.8. The summed E-state index contributed by atoms with van der Waals surface area (Å²) in [4.78, 5) is 15.5. The lowest BCUT2D eigenvalue weighted by molar-refractivity contribution is 0.100. The van der Waals surface area contributed by atoms with E-state index in [1.807, 2.05) is 24.4 Å². The first-order chi connectivity index (χ1) is 15.3. The maximum Gasteiger partial charge on any atom is 0.250 e. The van der Waals surface area contributed by atoms with Crippen molar-refractivity contribution in [2.75, 3.05) is 13.1 Å². The number of amides is 1. The van der Waals surface area contributed by atoms with E-state index >= 15 is 0 Å². The van der Waals surface area contributed by atoms with Gasteiger partial charge < -0.3 is 21.4 Å². The fourth-order valence-corrected chi connectivity index (χ4v) is 4.49. The molecule has 0 spiro atoms. The Morgan fingerprint density at radius 3 is 2.62 bits per heavy atom. The fraction of sp³-hybridized carbons (Fsp3) is 0.423. The highest BCUT2D eigenvalue weighted by atomic mass is 19.1. The maximum absolute atomic E-state index is 14.9. The summed E-state index contributed by atoms with van der Waals surface area (Å²) in [5.41, 5.74) is 10.2. The van der Waals surface area contributed by atoms with Crippen molar-refractivity contribution in [3.63, 3.8) is 0 Å². The Labute approximate surface area is 189 Å². The first-order valence-electron chi connectivity index (χ1n) is 11.5. The lowest BCUT2D eigenvalue weighted by atomic mass is 9.88. The molecular formula is C26H33FN4O. The summed E-state index contributed by atoms with van der Waals surface area (Å²) in [6, 6.07) is 9.25. The first-order valence-corrected chi connectivity index (χ1v) is 11.5. The average Bonchev–Trinajstić information content (AvgIpc) is 3.22. The smallest absolute Gasteiger partial charge is 0.250 e.